The summed E-state index contributed by atoms with van der Waals surface area (Å²) in [7, 11) is 0. The van der Waals surface area contributed by atoms with E-state index in [1.807, 2.05) is 42.5 Å². The molecule has 88 valence electrons. The van der Waals surface area contributed by atoms with Crippen LogP contribution in [0.3, 0.4) is 0 Å². The Morgan fingerprint density at radius 1 is 0.833 bits per heavy atom. The first kappa shape index (κ1) is 10.5. The summed E-state index contributed by atoms with van der Waals surface area (Å²) in [5.74, 6) is 0.294. The van der Waals surface area contributed by atoms with Crippen molar-refractivity contribution in [2.75, 3.05) is 11.5 Å². The van der Waals surface area contributed by atoms with Gasteiger partial charge in [0.25, 0.3) is 0 Å². The Labute approximate surface area is 104 Å². The van der Waals surface area contributed by atoms with E-state index in [2.05, 4.69) is 9.97 Å². The average molecular weight is 236 g/mol. The maximum absolute atomic E-state index is 5.68. The summed E-state index contributed by atoms with van der Waals surface area (Å²) in [6.45, 7) is 0. The molecule has 0 amide bonds. The van der Waals surface area contributed by atoms with E-state index in [0.717, 1.165) is 27.7 Å². The zero-order valence-electron chi connectivity index (χ0n) is 9.67. The zero-order valence-corrected chi connectivity index (χ0v) is 9.67. The van der Waals surface area contributed by atoms with E-state index in [0.29, 0.717) is 5.95 Å². The monoisotopic (exact) mass is 236 g/mol. The molecule has 3 rings (SSSR count). The smallest absolute Gasteiger partial charge is 0.220 e. The van der Waals surface area contributed by atoms with Crippen molar-refractivity contribution in [3.8, 4) is 11.1 Å². The van der Waals surface area contributed by atoms with Gasteiger partial charge in [-0.25, -0.2) is 9.97 Å². The number of nitrogens with two attached hydrogens (primary N) is 2. The van der Waals surface area contributed by atoms with Gasteiger partial charge in [0, 0.05) is 17.3 Å². The first-order chi connectivity index (χ1) is 8.72. The van der Waals surface area contributed by atoms with Crippen molar-refractivity contribution in [3.05, 3.63) is 48.7 Å². The molecule has 0 spiro atoms. The molecule has 0 fully saturated rings. The van der Waals surface area contributed by atoms with Gasteiger partial charge in [-0.2, -0.15) is 0 Å². The molecule has 4 N–H and O–H groups in total. The lowest BCUT2D eigenvalue weighted by molar-refractivity contribution is 1.24. The van der Waals surface area contributed by atoms with E-state index < -0.39 is 0 Å². The Kier molecular flexibility index (Phi) is 2.34. The number of nitrogen functional groups attached to an aromatic ring is 2. The molecule has 1 heterocycles. The lowest BCUT2D eigenvalue weighted by atomic mass is 10.0. The molecule has 18 heavy (non-hydrogen) atoms. The van der Waals surface area contributed by atoms with Crippen LogP contribution in [0.5, 0.6) is 0 Å². The summed E-state index contributed by atoms with van der Waals surface area (Å²) < 4.78 is 0. The van der Waals surface area contributed by atoms with Crippen molar-refractivity contribution in [2.24, 2.45) is 0 Å². The predicted molar refractivity (Wildman–Crippen MR) is 73.8 cm³/mol. The van der Waals surface area contributed by atoms with Crippen LogP contribution >= 0.6 is 0 Å². The molecule has 0 aliphatic carbocycles. The standard InChI is InChI=1S/C14H12N4/c15-12-4-1-9(2-5-12)10-3-6-13-11(7-10)8-17-14(16)18-13/h1-8H,15H2,(H2,16,17,18). The minimum absolute atomic E-state index is 0.294. The van der Waals surface area contributed by atoms with E-state index in [1.54, 1.807) is 6.20 Å². The number of rotatable bonds is 1. The fourth-order valence-electron chi connectivity index (χ4n) is 1.90. The normalized spacial score (nSPS) is 10.7. The fraction of sp³-hybridized carbons (Fsp3) is 0. The zero-order chi connectivity index (χ0) is 12.5. The molecule has 3 aromatic rings. The second-order valence-corrected chi connectivity index (χ2v) is 4.12. The summed E-state index contributed by atoms with van der Waals surface area (Å²) in [6.07, 6.45) is 1.73. The van der Waals surface area contributed by atoms with Gasteiger partial charge in [-0.1, -0.05) is 18.2 Å². The lowest BCUT2D eigenvalue weighted by Crippen LogP contribution is -1.94. The number of fused-ring (bicyclic) bond motifs is 1. The molecule has 0 saturated heterocycles. The second-order valence-electron chi connectivity index (χ2n) is 4.12. The molecule has 0 aliphatic heterocycles. The van der Waals surface area contributed by atoms with Gasteiger partial charge in [-0.05, 0) is 35.4 Å². The molecule has 0 radical (unpaired) electrons. The third-order valence-corrected chi connectivity index (χ3v) is 2.84. The third kappa shape index (κ3) is 1.84. The fourth-order valence-corrected chi connectivity index (χ4v) is 1.90. The van der Waals surface area contributed by atoms with E-state index in [1.165, 1.54) is 0 Å². The number of nitrogens with zero attached hydrogens (tertiary/aromatic N) is 2. The van der Waals surface area contributed by atoms with Crippen molar-refractivity contribution in [1.82, 2.24) is 9.97 Å². The van der Waals surface area contributed by atoms with Crippen LogP contribution in [0.2, 0.25) is 0 Å². The second kappa shape index (κ2) is 4.00. The van der Waals surface area contributed by atoms with E-state index in [4.69, 9.17) is 11.5 Å². The van der Waals surface area contributed by atoms with Crippen LogP contribution in [0.25, 0.3) is 22.0 Å². The molecule has 0 aliphatic rings. The van der Waals surface area contributed by atoms with Gasteiger partial charge in [-0.15, -0.1) is 0 Å². The van der Waals surface area contributed by atoms with Crippen LogP contribution in [0.15, 0.2) is 48.7 Å². The highest BCUT2D eigenvalue weighted by molar-refractivity contribution is 5.84. The Hall–Kier alpha value is -2.62. The van der Waals surface area contributed by atoms with E-state index in [-0.39, 0.29) is 0 Å². The van der Waals surface area contributed by atoms with Crippen molar-refractivity contribution in [2.45, 2.75) is 0 Å². The molecular weight excluding hydrogens is 224 g/mol. The summed E-state index contributed by atoms with van der Waals surface area (Å²) in [5.41, 5.74) is 15.1. The minimum Gasteiger partial charge on any atom is -0.399 e. The lowest BCUT2D eigenvalue weighted by Gasteiger charge is -2.04. The van der Waals surface area contributed by atoms with Crippen molar-refractivity contribution in [3.63, 3.8) is 0 Å². The molecule has 0 bridgehead atoms. The predicted octanol–water partition coefficient (Wildman–Crippen LogP) is 2.46. The maximum Gasteiger partial charge on any atom is 0.220 e. The van der Waals surface area contributed by atoms with Gasteiger partial charge < -0.3 is 11.5 Å². The van der Waals surface area contributed by atoms with Crippen molar-refractivity contribution in [1.29, 1.82) is 0 Å². The van der Waals surface area contributed by atoms with Crippen molar-refractivity contribution >= 4 is 22.5 Å². The third-order valence-electron chi connectivity index (χ3n) is 2.84. The largest absolute Gasteiger partial charge is 0.399 e. The summed E-state index contributed by atoms with van der Waals surface area (Å²) in [4.78, 5) is 8.17. The molecule has 4 nitrogen and oxygen atoms in total. The highest BCUT2D eigenvalue weighted by Crippen LogP contribution is 2.24. The van der Waals surface area contributed by atoms with Crippen LogP contribution in [-0.2, 0) is 0 Å². The number of benzene rings is 2. The molecule has 0 atom stereocenters. The van der Waals surface area contributed by atoms with Gasteiger partial charge in [0.15, 0.2) is 0 Å². The van der Waals surface area contributed by atoms with Crippen LogP contribution in [-0.4, -0.2) is 9.97 Å². The maximum atomic E-state index is 5.68. The quantitative estimate of drug-likeness (QED) is 0.636. The molecule has 2 aromatic carbocycles. The SMILES string of the molecule is Nc1ccc(-c2ccc3nc(N)ncc3c2)cc1. The molecule has 1 aromatic heterocycles. The van der Waals surface area contributed by atoms with Gasteiger partial charge >= 0.3 is 0 Å². The number of hydrogen-bond acceptors (Lipinski definition) is 4. The topological polar surface area (TPSA) is 77.8 Å². The first-order valence-corrected chi connectivity index (χ1v) is 5.60. The van der Waals surface area contributed by atoms with Crippen LogP contribution in [0, 0.1) is 0 Å². The van der Waals surface area contributed by atoms with Gasteiger partial charge in [-0.3, -0.25) is 0 Å². The minimum atomic E-state index is 0.294. The van der Waals surface area contributed by atoms with E-state index in [9.17, 15) is 0 Å². The Morgan fingerprint density at radius 3 is 2.33 bits per heavy atom. The summed E-state index contributed by atoms with van der Waals surface area (Å²) in [6, 6.07) is 13.8. The molecule has 4 heteroatoms. The van der Waals surface area contributed by atoms with Crippen LogP contribution in [0.4, 0.5) is 11.6 Å². The van der Waals surface area contributed by atoms with Crippen molar-refractivity contribution < 1.29 is 0 Å². The number of aromatic nitrogens is 2. The van der Waals surface area contributed by atoms with Crippen LogP contribution in [0.1, 0.15) is 0 Å². The van der Waals surface area contributed by atoms with Gasteiger partial charge in [0.1, 0.15) is 0 Å². The van der Waals surface area contributed by atoms with Gasteiger partial charge in [0.2, 0.25) is 5.95 Å². The number of anilines is 2. The Bertz CT molecular complexity index is 705. The van der Waals surface area contributed by atoms with Crippen LogP contribution < -0.4 is 11.5 Å². The Balaban J connectivity index is 2.13. The van der Waals surface area contributed by atoms with E-state index >= 15 is 0 Å². The van der Waals surface area contributed by atoms with Gasteiger partial charge in [0.05, 0.1) is 5.52 Å². The highest BCUT2D eigenvalue weighted by Gasteiger charge is 2.01. The number of hydrogen-bond donors (Lipinski definition) is 2. The summed E-state index contributed by atoms with van der Waals surface area (Å²) in [5, 5.41) is 0.971. The Morgan fingerprint density at radius 2 is 1.56 bits per heavy atom. The molecule has 0 saturated carbocycles. The average Bonchev–Trinajstić information content (AvgIpc) is 2.39. The molecule has 0 unspecified atom stereocenters. The molecular formula is C14H12N4. The summed E-state index contributed by atoms with van der Waals surface area (Å²) >= 11 is 0. The highest BCUT2D eigenvalue weighted by atomic mass is 15.0. The first-order valence-electron chi connectivity index (χ1n) is 5.60.